The van der Waals surface area contributed by atoms with E-state index in [1.54, 1.807) is 18.4 Å². The highest BCUT2D eigenvalue weighted by molar-refractivity contribution is 14.0. The van der Waals surface area contributed by atoms with Gasteiger partial charge >= 0.3 is 0 Å². The number of guanidine groups is 1. The van der Waals surface area contributed by atoms with Crippen LogP contribution in [0.1, 0.15) is 12.1 Å². The number of rotatable bonds is 4. The van der Waals surface area contributed by atoms with Gasteiger partial charge in [-0.1, -0.05) is 17.7 Å². The van der Waals surface area contributed by atoms with E-state index in [-0.39, 0.29) is 24.0 Å². The molecule has 0 amide bonds. The third-order valence-corrected chi connectivity index (χ3v) is 5.51. The highest BCUT2D eigenvalue weighted by Gasteiger charge is 2.23. The average Bonchev–Trinajstić information content (AvgIpc) is 3.34. The maximum absolute atomic E-state index is 6.11. The predicted octanol–water partition coefficient (Wildman–Crippen LogP) is 3.61. The fourth-order valence-corrected chi connectivity index (χ4v) is 4.11. The topological polar surface area (TPSA) is 57.0 Å². The number of fused-ring (bicyclic) bond motifs is 1. The highest BCUT2D eigenvalue weighted by Crippen LogP contribution is 2.23. The van der Waals surface area contributed by atoms with E-state index in [1.165, 1.54) is 5.69 Å². The van der Waals surface area contributed by atoms with Crippen LogP contribution in [-0.4, -0.2) is 41.5 Å². The van der Waals surface area contributed by atoms with Gasteiger partial charge in [-0.25, -0.2) is 4.98 Å². The quantitative estimate of drug-likeness (QED) is 0.316. The summed E-state index contributed by atoms with van der Waals surface area (Å²) < 4.78 is 2.04. The van der Waals surface area contributed by atoms with Gasteiger partial charge in [0, 0.05) is 54.7 Å². The molecule has 2 N–H and O–H groups in total. The van der Waals surface area contributed by atoms with E-state index in [9.17, 15) is 0 Å². The lowest BCUT2D eigenvalue weighted by Gasteiger charge is -2.20. The fourth-order valence-electron chi connectivity index (χ4n) is 3.21. The summed E-state index contributed by atoms with van der Waals surface area (Å²) in [4.78, 5) is 12.3. The molecular weight excluding hydrogens is 495 g/mol. The molecule has 1 aliphatic rings. The van der Waals surface area contributed by atoms with Crippen molar-refractivity contribution in [2.24, 2.45) is 4.99 Å². The van der Waals surface area contributed by atoms with Crippen molar-refractivity contribution in [3.05, 3.63) is 52.8 Å². The van der Waals surface area contributed by atoms with E-state index >= 15 is 0 Å². The molecule has 0 saturated carbocycles. The Morgan fingerprint density at radius 1 is 1.44 bits per heavy atom. The Hall–Kier alpha value is -1.52. The van der Waals surface area contributed by atoms with Crippen molar-refractivity contribution >= 4 is 63.5 Å². The van der Waals surface area contributed by atoms with E-state index < -0.39 is 0 Å². The maximum Gasteiger partial charge on any atom is 0.193 e. The molecule has 0 bridgehead atoms. The number of aliphatic imine (C=N–C) groups is 1. The van der Waals surface area contributed by atoms with Crippen LogP contribution in [0.2, 0.25) is 5.02 Å². The summed E-state index contributed by atoms with van der Waals surface area (Å²) >= 11 is 7.75. The van der Waals surface area contributed by atoms with Gasteiger partial charge in [0.25, 0.3) is 0 Å². The van der Waals surface area contributed by atoms with Gasteiger partial charge < -0.3 is 15.5 Å². The molecule has 1 atom stereocenters. The molecule has 3 heterocycles. The molecule has 0 spiro atoms. The van der Waals surface area contributed by atoms with Crippen LogP contribution in [0, 0.1) is 0 Å². The fraction of sp³-hybridized carbons (Fsp3) is 0.333. The second-order valence-corrected chi connectivity index (χ2v) is 7.62. The molecule has 1 unspecified atom stereocenters. The molecule has 6 nitrogen and oxygen atoms in total. The summed E-state index contributed by atoms with van der Waals surface area (Å²) in [5.74, 6) is 0.805. The van der Waals surface area contributed by atoms with Crippen molar-refractivity contribution in [3.63, 3.8) is 0 Å². The first kappa shape index (κ1) is 20.2. The van der Waals surface area contributed by atoms with Crippen LogP contribution < -0.4 is 15.5 Å². The number of aromatic nitrogens is 2. The Bertz CT molecular complexity index is 895. The Morgan fingerprint density at radius 3 is 3.11 bits per heavy atom. The lowest BCUT2D eigenvalue weighted by atomic mass is 10.2. The zero-order valence-electron chi connectivity index (χ0n) is 14.9. The Morgan fingerprint density at radius 2 is 2.33 bits per heavy atom. The van der Waals surface area contributed by atoms with Gasteiger partial charge in [0.15, 0.2) is 10.9 Å². The van der Waals surface area contributed by atoms with Gasteiger partial charge in [-0.15, -0.1) is 35.3 Å². The van der Waals surface area contributed by atoms with Gasteiger partial charge in [0.05, 0.1) is 12.2 Å². The number of halogens is 2. The smallest absolute Gasteiger partial charge is 0.193 e. The molecule has 9 heteroatoms. The van der Waals surface area contributed by atoms with E-state index in [0.29, 0.717) is 12.6 Å². The minimum atomic E-state index is 0. The highest BCUT2D eigenvalue weighted by atomic mass is 127. The number of thiazole rings is 1. The lowest BCUT2D eigenvalue weighted by Crippen LogP contribution is -2.44. The molecule has 4 rings (SSSR count). The Balaban J connectivity index is 0.00000210. The molecule has 0 aliphatic carbocycles. The Labute approximate surface area is 184 Å². The SMILES string of the molecule is CN=C(NCc1cn2ccsc2n1)NC1CCN(c2cccc(Cl)c2)C1.I. The van der Waals surface area contributed by atoms with Crippen molar-refractivity contribution in [2.45, 2.75) is 19.0 Å². The van der Waals surface area contributed by atoms with Crippen molar-refractivity contribution in [1.82, 2.24) is 20.0 Å². The Kier molecular flexibility index (Phi) is 6.83. The second kappa shape index (κ2) is 9.11. The minimum absolute atomic E-state index is 0. The van der Waals surface area contributed by atoms with Crippen LogP contribution in [-0.2, 0) is 6.54 Å². The summed E-state index contributed by atoms with van der Waals surface area (Å²) in [6.45, 7) is 2.59. The van der Waals surface area contributed by atoms with E-state index in [2.05, 4.69) is 31.6 Å². The monoisotopic (exact) mass is 516 g/mol. The number of anilines is 1. The molecule has 1 aliphatic heterocycles. The number of hydrogen-bond donors (Lipinski definition) is 2. The normalized spacial score (nSPS) is 17.2. The molecule has 1 fully saturated rings. The summed E-state index contributed by atoms with van der Waals surface area (Å²) in [7, 11) is 1.80. The molecule has 3 aromatic rings. The summed E-state index contributed by atoms with van der Waals surface area (Å²) in [6, 6.07) is 8.37. The third-order valence-electron chi connectivity index (χ3n) is 4.51. The molecule has 1 saturated heterocycles. The number of imidazole rings is 1. The predicted molar refractivity (Wildman–Crippen MR) is 124 cm³/mol. The first-order valence-electron chi connectivity index (χ1n) is 8.60. The van der Waals surface area contributed by atoms with E-state index in [1.807, 2.05) is 40.4 Å². The summed E-state index contributed by atoms with van der Waals surface area (Å²) in [6.07, 6.45) is 5.13. The molecule has 0 radical (unpaired) electrons. The average molecular weight is 517 g/mol. The zero-order chi connectivity index (χ0) is 17.9. The van der Waals surface area contributed by atoms with Crippen LogP contribution in [0.15, 0.2) is 47.0 Å². The number of benzene rings is 1. The molecule has 144 valence electrons. The van der Waals surface area contributed by atoms with Crippen molar-refractivity contribution in [2.75, 3.05) is 25.0 Å². The molecule has 2 aromatic heterocycles. The van der Waals surface area contributed by atoms with Gasteiger partial charge in [-0.3, -0.25) is 9.39 Å². The minimum Gasteiger partial charge on any atom is -0.369 e. The van der Waals surface area contributed by atoms with Crippen molar-refractivity contribution in [3.8, 4) is 0 Å². The van der Waals surface area contributed by atoms with Gasteiger partial charge in [0.2, 0.25) is 0 Å². The van der Waals surface area contributed by atoms with Crippen molar-refractivity contribution in [1.29, 1.82) is 0 Å². The van der Waals surface area contributed by atoms with Crippen LogP contribution in [0.25, 0.3) is 4.96 Å². The third kappa shape index (κ3) is 4.85. The van der Waals surface area contributed by atoms with E-state index in [0.717, 1.165) is 41.1 Å². The lowest BCUT2D eigenvalue weighted by molar-refractivity contribution is 0.647. The molecule has 27 heavy (non-hydrogen) atoms. The number of nitrogens with one attached hydrogen (secondary N) is 2. The van der Waals surface area contributed by atoms with Crippen LogP contribution in [0.3, 0.4) is 0 Å². The molecule has 1 aromatic carbocycles. The van der Waals surface area contributed by atoms with Crippen LogP contribution in [0.4, 0.5) is 5.69 Å². The van der Waals surface area contributed by atoms with Crippen LogP contribution in [0.5, 0.6) is 0 Å². The van der Waals surface area contributed by atoms with E-state index in [4.69, 9.17) is 11.6 Å². The van der Waals surface area contributed by atoms with Crippen LogP contribution >= 0.6 is 46.9 Å². The largest absolute Gasteiger partial charge is 0.369 e. The van der Waals surface area contributed by atoms with Crippen molar-refractivity contribution < 1.29 is 0 Å². The summed E-state index contributed by atoms with van der Waals surface area (Å²) in [5.41, 5.74) is 2.18. The first-order valence-corrected chi connectivity index (χ1v) is 9.86. The van der Waals surface area contributed by atoms with Gasteiger partial charge in [0.1, 0.15) is 0 Å². The molecular formula is C18H22ClIN6S. The standard InChI is InChI=1S/C18H21ClN6S.HI/c1-20-17(21-10-15-12-25-7-8-26-18(25)23-15)22-14-5-6-24(11-14)16-4-2-3-13(19)9-16;/h2-4,7-9,12,14H,5-6,10-11H2,1H3,(H2,20,21,22);1H. The summed E-state index contributed by atoms with van der Waals surface area (Å²) in [5, 5.41) is 9.67. The maximum atomic E-state index is 6.11. The van der Waals surface area contributed by atoms with Gasteiger partial charge in [-0.05, 0) is 24.6 Å². The number of hydrogen-bond acceptors (Lipinski definition) is 4. The van der Waals surface area contributed by atoms with Gasteiger partial charge in [-0.2, -0.15) is 0 Å². The number of nitrogens with zero attached hydrogens (tertiary/aromatic N) is 4. The second-order valence-electron chi connectivity index (χ2n) is 6.31. The zero-order valence-corrected chi connectivity index (χ0v) is 18.8. The first-order chi connectivity index (χ1) is 12.7.